The molecule has 2 nitrogen and oxygen atoms in total. The van der Waals surface area contributed by atoms with E-state index in [4.69, 9.17) is 0 Å². The maximum atomic E-state index is 9.59. The number of hydrogen-bond acceptors (Lipinski definition) is 2. The molecule has 0 spiro atoms. The minimum atomic E-state index is -0.176. The molecule has 1 aromatic rings. The van der Waals surface area contributed by atoms with E-state index in [1.54, 1.807) is 0 Å². The van der Waals surface area contributed by atoms with Crippen molar-refractivity contribution in [2.24, 2.45) is 11.3 Å². The topological polar surface area (TPSA) is 36.7 Å². The molecule has 0 unspecified atom stereocenters. The van der Waals surface area contributed by atoms with E-state index in [1.165, 1.54) is 25.7 Å². The second-order valence-electron chi connectivity index (χ2n) is 5.77. The van der Waals surface area contributed by atoms with Crippen LogP contribution in [-0.2, 0) is 6.42 Å². The van der Waals surface area contributed by atoms with Crippen LogP contribution in [0.4, 0.5) is 0 Å². The maximum absolute atomic E-state index is 9.59. The molecule has 0 aromatic carbocycles. The zero-order chi connectivity index (χ0) is 13.7. The van der Waals surface area contributed by atoms with Crippen LogP contribution < -0.4 is 0 Å². The summed E-state index contributed by atoms with van der Waals surface area (Å²) < 4.78 is 0.994. The van der Waals surface area contributed by atoms with Gasteiger partial charge in [0.05, 0.1) is 11.5 Å². The fraction of sp³-hybridized carbons (Fsp3) is 0.625. The Bertz CT molecular complexity index is 439. The lowest BCUT2D eigenvalue weighted by atomic mass is 9.68. The second-order valence-corrected chi connectivity index (χ2v) is 6.68. The molecule has 1 aromatic heterocycles. The first kappa shape index (κ1) is 14.5. The highest BCUT2D eigenvalue weighted by Gasteiger charge is 2.35. The summed E-state index contributed by atoms with van der Waals surface area (Å²) in [6.45, 7) is 2.25. The van der Waals surface area contributed by atoms with E-state index < -0.39 is 0 Å². The number of rotatable bonds is 4. The van der Waals surface area contributed by atoms with Gasteiger partial charge in [0.1, 0.15) is 0 Å². The van der Waals surface area contributed by atoms with Gasteiger partial charge in [0, 0.05) is 22.8 Å². The third-order valence-corrected chi connectivity index (χ3v) is 4.77. The van der Waals surface area contributed by atoms with Gasteiger partial charge in [0.25, 0.3) is 0 Å². The molecule has 1 heterocycles. The molecule has 0 amide bonds. The predicted octanol–water partition coefficient (Wildman–Crippen LogP) is 4.89. The quantitative estimate of drug-likeness (QED) is 0.792. The van der Waals surface area contributed by atoms with Crippen molar-refractivity contribution in [3.8, 4) is 6.07 Å². The van der Waals surface area contributed by atoms with Gasteiger partial charge in [-0.1, -0.05) is 19.8 Å². The Balaban J connectivity index is 2.01. The smallest absolute Gasteiger partial charge is 0.0693 e. The summed E-state index contributed by atoms with van der Waals surface area (Å²) in [7, 11) is 0. The number of pyridine rings is 1. The molecule has 19 heavy (non-hydrogen) atoms. The van der Waals surface area contributed by atoms with E-state index in [-0.39, 0.29) is 5.41 Å². The van der Waals surface area contributed by atoms with Crippen molar-refractivity contribution in [3.05, 3.63) is 28.5 Å². The van der Waals surface area contributed by atoms with E-state index >= 15 is 0 Å². The Hall–Kier alpha value is -0.880. The van der Waals surface area contributed by atoms with Crippen molar-refractivity contribution in [1.29, 1.82) is 5.26 Å². The number of nitriles is 1. The van der Waals surface area contributed by atoms with Crippen LogP contribution in [0.2, 0.25) is 0 Å². The summed E-state index contributed by atoms with van der Waals surface area (Å²) >= 11 is 3.40. The van der Waals surface area contributed by atoms with Gasteiger partial charge in [-0.15, -0.1) is 0 Å². The van der Waals surface area contributed by atoms with Crippen LogP contribution in [0, 0.1) is 22.7 Å². The third kappa shape index (κ3) is 3.79. The first-order chi connectivity index (χ1) is 9.17. The molecule has 102 valence electrons. The number of halogens is 1. The number of nitrogens with zero attached hydrogens (tertiary/aromatic N) is 2. The van der Waals surface area contributed by atoms with Crippen molar-refractivity contribution in [2.45, 2.75) is 51.9 Å². The van der Waals surface area contributed by atoms with Crippen LogP contribution in [0.15, 0.2) is 22.8 Å². The first-order valence-corrected chi connectivity index (χ1v) is 7.98. The molecular formula is C16H21BrN2. The lowest BCUT2D eigenvalue weighted by molar-refractivity contribution is 0.199. The van der Waals surface area contributed by atoms with Crippen LogP contribution >= 0.6 is 15.9 Å². The van der Waals surface area contributed by atoms with Gasteiger partial charge in [-0.2, -0.15) is 5.26 Å². The van der Waals surface area contributed by atoms with Gasteiger partial charge in [-0.05, 0) is 59.7 Å². The van der Waals surface area contributed by atoms with Crippen LogP contribution in [0.3, 0.4) is 0 Å². The normalized spacial score (nSPS) is 26.9. The molecule has 2 rings (SSSR count). The molecule has 0 atom stereocenters. The fourth-order valence-electron chi connectivity index (χ4n) is 3.11. The summed E-state index contributed by atoms with van der Waals surface area (Å²) in [5.41, 5.74) is 0.865. The van der Waals surface area contributed by atoms with Crippen molar-refractivity contribution in [3.63, 3.8) is 0 Å². The summed E-state index contributed by atoms with van der Waals surface area (Å²) in [6, 6.07) is 6.63. The van der Waals surface area contributed by atoms with Crippen LogP contribution in [0.5, 0.6) is 0 Å². The molecule has 1 aliphatic rings. The minimum Gasteiger partial charge on any atom is -0.260 e. The van der Waals surface area contributed by atoms with Gasteiger partial charge < -0.3 is 0 Å². The molecule has 0 bridgehead atoms. The highest BCUT2D eigenvalue weighted by molar-refractivity contribution is 9.10. The van der Waals surface area contributed by atoms with E-state index in [9.17, 15) is 5.26 Å². The van der Waals surface area contributed by atoms with Crippen LogP contribution in [0.25, 0.3) is 0 Å². The van der Waals surface area contributed by atoms with Crippen molar-refractivity contribution < 1.29 is 0 Å². The van der Waals surface area contributed by atoms with Crippen LogP contribution in [-0.4, -0.2) is 4.98 Å². The highest BCUT2D eigenvalue weighted by Crippen LogP contribution is 2.42. The highest BCUT2D eigenvalue weighted by atomic mass is 79.9. The lowest BCUT2D eigenvalue weighted by Gasteiger charge is -2.34. The lowest BCUT2D eigenvalue weighted by Crippen LogP contribution is -2.28. The summed E-state index contributed by atoms with van der Waals surface area (Å²) in [6.07, 6.45) is 9.68. The molecular weight excluding hydrogens is 300 g/mol. The number of aromatic nitrogens is 1. The van der Waals surface area contributed by atoms with E-state index in [0.717, 1.165) is 35.3 Å². The molecule has 0 saturated heterocycles. The van der Waals surface area contributed by atoms with E-state index in [2.05, 4.69) is 33.9 Å². The Kier molecular flexibility index (Phi) is 4.99. The molecule has 1 aliphatic carbocycles. The van der Waals surface area contributed by atoms with Gasteiger partial charge >= 0.3 is 0 Å². The van der Waals surface area contributed by atoms with E-state index in [0.29, 0.717) is 0 Å². The Morgan fingerprint density at radius 3 is 2.68 bits per heavy atom. The minimum absolute atomic E-state index is 0.176. The monoisotopic (exact) mass is 320 g/mol. The van der Waals surface area contributed by atoms with Gasteiger partial charge in [-0.3, -0.25) is 4.98 Å². The summed E-state index contributed by atoms with van der Waals surface area (Å²) in [4.78, 5) is 4.42. The first-order valence-electron chi connectivity index (χ1n) is 7.19. The Morgan fingerprint density at radius 2 is 2.16 bits per heavy atom. The van der Waals surface area contributed by atoms with Crippen molar-refractivity contribution in [2.75, 3.05) is 0 Å². The Labute approximate surface area is 124 Å². The van der Waals surface area contributed by atoms with Gasteiger partial charge in [0.15, 0.2) is 0 Å². The molecule has 1 fully saturated rings. The molecule has 3 heteroatoms. The zero-order valence-corrected chi connectivity index (χ0v) is 13.1. The molecule has 0 radical (unpaired) electrons. The van der Waals surface area contributed by atoms with Crippen molar-refractivity contribution >= 4 is 15.9 Å². The summed E-state index contributed by atoms with van der Waals surface area (Å²) in [5.74, 6) is 0.837. The molecule has 0 N–H and O–H groups in total. The molecule has 1 saturated carbocycles. The van der Waals surface area contributed by atoms with Crippen molar-refractivity contribution in [1.82, 2.24) is 4.98 Å². The van der Waals surface area contributed by atoms with Gasteiger partial charge in [-0.25, -0.2) is 0 Å². The van der Waals surface area contributed by atoms with Gasteiger partial charge in [0.2, 0.25) is 0 Å². The third-order valence-electron chi connectivity index (χ3n) is 4.30. The molecule has 0 aliphatic heterocycles. The SMILES string of the molecule is CCCC1CCC(C#N)(Cc2ccc(Br)cn2)CC1. The largest absolute Gasteiger partial charge is 0.260 e. The zero-order valence-electron chi connectivity index (χ0n) is 11.5. The average Bonchev–Trinajstić information content (AvgIpc) is 2.44. The second kappa shape index (κ2) is 6.52. The number of hydrogen-bond donors (Lipinski definition) is 0. The Morgan fingerprint density at radius 1 is 1.42 bits per heavy atom. The fourth-order valence-corrected chi connectivity index (χ4v) is 3.35. The van der Waals surface area contributed by atoms with E-state index in [1.807, 2.05) is 18.3 Å². The summed E-state index contributed by atoms with van der Waals surface area (Å²) in [5, 5.41) is 9.59. The average molecular weight is 321 g/mol. The predicted molar refractivity (Wildman–Crippen MR) is 80.6 cm³/mol. The maximum Gasteiger partial charge on any atom is 0.0693 e. The standard InChI is InChI=1S/C16H21BrN2/c1-2-3-13-6-8-16(12-18,9-7-13)10-15-5-4-14(17)11-19-15/h4-5,11,13H,2-3,6-10H2,1H3. The van der Waals surface area contributed by atoms with Crippen LogP contribution in [0.1, 0.15) is 51.1 Å².